The molecule has 0 radical (unpaired) electrons. The van der Waals surface area contributed by atoms with Crippen molar-refractivity contribution in [3.05, 3.63) is 0 Å². The third kappa shape index (κ3) is 15.6. The summed E-state index contributed by atoms with van der Waals surface area (Å²) in [6.45, 7) is 5.42. The highest BCUT2D eigenvalue weighted by Gasteiger charge is 2.04. The van der Waals surface area contributed by atoms with Crippen LogP contribution >= 0.6 is 0 Å². The van der Waals surface area contributed by atoms with Crippen LogP contribution in [0.5, 0.6) is 0 Å². The molecule has 0 aliphatic carbocycles. The predicted molar refractivity (Wildman–Crippen MR) is 87.6 cm³/mol. The van der Waals surface area contributed by atoms with Gasteiger partial charge in [-0.1, -0.05) is 51.9 Å². The van der Waals surface area contributed by atoms with E-state index in [0.29, 0.717) is 6.42 Å². The number of carbonyl (C=O) groups is 1. The number of carboxylic acid groups (broad SMARTS) is 1. The SMILES string of the molecule is CCCCCCCN(CCO)CCCCCCCC(=O)O. The topological polar surface area (TPSA) is 60.8 Å². The molecule has 4 nitrogen and oxygen atoms in total. The van der Waals surface area contributed by atoms with Crippen LogP contribution in [0.15, 0.2) is 0 Å². The molecule has 0 aromatic rings. The Bertz CT molecular complexity index is 234. The molecule has 0 aliphatic rings. The number of carboxylic acids is 1. The van der Waals surface area contributed by atoms with Crippen LogP contribution in [0.2, 0.25) is 0 Å². The van der Waals surface area contributed by atoms with Gasteiger partial charge in [0, 0.05) is 13.0 Å². The summed E-state index contributed by atoms with van der Waals surface area (Å²) < 4.78 is 0. The molecule has 0 aliphatic heterocycles. The van der Waals surface area contributed by atoms with Crippen LogP contribution in [0.25, 0.3) is 0 Å². The van der Waals surface area contributed by atoms with Crippen molar-refractivity contribution in [1.82, 2.24) is 4.90 Å². The van der Waals surface area contributed by atoms with E-state index in [1.165, 1.54) is 32.1 Å². The van der Waals surface area contributed by atoms with Gasteiger partial charge < -0.3 is 15.1 Å². The molecule has 0 amide bonds. The van der Waals surface area contributed by atoms with Crippen molar-refractivity contribution in [2.45, 2.75) is 77.6 Å². The van der Waals surface area contributed by atoms with Crippen molar-refractivity contribution in [1.29, 1.82) is 0 Å². The van der Waals surface area contributed by atoms with Crippen LogP contribution in [-0.4, -0.2) is 47.3 Å². The summed E-state index contributed by atoms with van der Waals surface area (Å²) in [6.07, 6.45) is 12.0. The third-order valence-electron chi connectivity index (χ3n) is 3.86. The highest BCUT2D eigenvalue weighted by molar-refractivity contribution is 5.66. The summed E-state index contributed by atoms with van der Waals surface area (Å²) in [6, 6.07) is 0. The van der Waals surface area contributed by atoms with Crippen LogP contribution < -0.4 is 0 Å². The van der Waals surface area contributed by atoms with Crippen LogP contribution in [0.1, 0.15) is 77.6 Å². The summed E-state index contributed by atoms with van der Waals surface area (Å²) in [5.74, 6) is -0.688. The number of nitrogens with zero attached hydrogens (tertiary/aromatic N) is 1. The van der Waals surface area contributed by atoms with E-state index in [9.17, 15) is 4.79 Å². The number of hydrogen-bond donors (Lipinski definition) is 2. The predicted octanol–water partition coefficient (Wildman–Crippen LogP) is 3.68. The Kier molecular flexibility index (Phi) is 15.3. The summed E-state index contributed by atoms with van der Waals surface area (Å²) >= 11 is 0. The molecule has 0 aromatic carbocycles. The first kappa shape index (κ1) is 20.4. The van der Waals surface area contributed by atoms with E-state index >= 15 is 0 Å². The van der Waals surface area contributed by atoms with Gasteiger partial charge in [0.2, 0.25) is 0 Å². The first-order chi connectivity index (χ1) is 10.2. The van der Waals surface area contributed by atoms with Gasteiger partial charge in [-0.05, 0) is 32.4 Å². The number of hydrogen-bond acceptors (Lipinski definition) is 3. The monoisotopic (exact) mass is 301 g/mol. The van der Waals surface area contributed by atoms with E-state index in [1.54, 1.807) is 0 Å². The van der Waals surface area contributed by atoms with E-state index in [1.807, 2.05) is 0 Å². The molecule has 126 valence electrons. The van der Waals surface area contributed by atoms with E-state index in [2.05, 4.69) is 11.8 Å². The maximum absolute atomic E-state index is 10.4. The van der Waals surface area contributed by atoms with Gasteiger partial charge in [-0.15, -0.1) is 0 Å². The second-order valence-corrected chi connectivity index (χ2v) is 5.89. The lowest BCUT2D eigenvalue weighted by molar-refractivity contribution is -0.137. The van der Waals surface area contributed by atoms with E-state index in [0.717, 1.165) is 51.7 Å². The molecule has 0 saturated carbocycles. The lowest BCUT2D eigenvalue weighted by atomic mass is 10.1. The van der Waals surface area contributed by atoms with Crippen LogP contribution in [0.4, 0.5) is 0 Å². The molecule has 21 heavy (non-hydrogen) atoms. The van der Waals surface area contributed by atoms with Crippen molar-refractivity contribution < 1.29 is 15.0 Å². The first-order valence-electron chi connectivity index (χ1n) is 8.75. The standard InChI is InChI=1S/C17H35NO3/c1-2-3-4-7-10-13-18(15-16-19)14-11-8-5-6-9-12-17(20)21/h19H,2-16H2,1H3,(H,20,21). The molecule has 0 heterocycles. The summed E-state index contributed by atoms with van der Waals surface area (Å²) in [7, 11) is 0. The van der Waals surface area contributed by atoms with E-state index < -0.39 is 5.97 Å². The highest BCUT2D eigenvalue weighted by atomic mass is 16.4. The van der Waals surface area contributed by atoms with Gasteiger partial charge in [0.05, 0.1) is 6.61 Å². The lowest BCUT2D eigenvalue weighted by Gasteiger charge is -2.21. The largest absolute Gasteiger partial charge is 0.481 e. The number of unbranched alkanes of at least 4 members (excludes halogenated alkanes) is 8. The molecule has 0 bridgehead atoms. The molecule has 0 atom stereocenters. The molecule has 0 rings (SSSR count). The first-order valence-corrected chi connectivity index (χ1v) is 8.75. The van der Waals surface area contributed by atoms with Gasteiger partial charge in [0.1, 0.15) is 0 Å². The fourth-order valence-electron chi connectivity index (χ4n) is 2.56. The van der Waals surface area contributed by atoms with Crippen molar-refractivity contribution in [2.24, 2.45) is 0 Å². The zero-order chi connectivity index (χ0) is 15.8. The number of aliphatic hydroxyl groups excluding tert-OH is 1. The maximum Gasteiger partial charge on any atom is 0.303 e. The fraction of sp³-hybridized carbons (Fsp3) is 0.941. The second kappa shape index (κ2) is 15.8. The Morgan fingerprint density at radius 2 is 1.33 bits per heavy atom. The molecule has 0 aromatic heterocycles. The Balaban J connectivity index is 3.48. The smallest absolute Gasteiger partial charge is 0.303 e. The van der Waals surface area contributed by atoms with Gasteiger partial charge in [0.25, 0.3) is 0 Å². The van der Waals surface area contributed by atoms with Gasteiger partial charge in [0.15, 0.2) is 0 Å². The van der Waals surface area contributed by atoms with Crippen molar-refractivity contribution in [3.8, 4) is 0 Å². The quantitative estimate of drug-likeness (QED) is 0.427. The summed E-state index contributed by atoms with van der Waals surface area (Å²) in [5, 5.41) is 17.7. The van der Waals surface area contributed by atoms with Gasteiger partial charge in [-0.2, -0.15) is 0 Å². The molecular formula is C17H35NO3. The molecule has 2 N–H and O–H groups in total. The summed E-state index contributed by atoms with van der Waals surface area (Å²) in [4.78, 5) is 12.7. The number of aliphatic carboxylic acids is 1. The van der Waals surface area contributed by atoms with E-state index in [4.69, 9.17) is 10.2 Å². The molecular weight excluding hydrogens is 266 g/mol. The molecule has 0 unspecified atom stereocenters. The highest BCUT2D eigenvalue weighted by Crippen LogP contribution is 2.08. The van der Waals surface area contributed by atoms with Crippen LogP contribution in [0, 0.1) is 0 Å². The lowest BCUT2D eigenvalue weighted by Crippen LogP contribution is -2.29. The molecule has 0 saturated heterocycles. The maximum atomic E-state index is 10.4. The Morgan fingerprint density at radius 1 is 0.810 bits per heavy atom. The van der Waals surface area contributed by atoms with Crippen molar-refractivity contribution in [3.63, 3.8) is 0 Å². The Morgan fingerprint density at radius 3 is 1.86 bits per heavy atom. The average Bonchev–Trinajstić information content (AvgIpc) is 2.45. The van der Waals surface area contributed by atoms with Gasteiger partial charge in [-0.3, -0.25) is 4.79 Å². The second-order valence-electron chi connectivity index (χ2n) is 5.89. The molecule has 0 spiro atoms. The Hall–Kier alpha value is -0.610. The minimum Gasteiger partial charge on any atom is -0.481 e. The van der Waals surface area contributed by atoms with Crippen LogP contribution in [-0.2, 0) is 4.79 Å². The van der Waals surface area contributed by atoms with Gasteiger partial charge >= 0.3 is 5.97 Å². The number of aliphatic hydroxyl groups is 1. The van der Waals surface area contributed by atoms with Crippen molar-refractivity contribution in [2.75, 3.05) is 26.2 Å². The molecule has 0 fully saturated rings. The average molecular weight is 301 g/mol. The summed E-state index contributed by atoms with van der Waals surface area (Å²) in [5.41, 5.74) is 0. The fourth-order valence-corrected chi connectivity index (χ4v) is 2.56. The zero-order valence-corrected chi connectivity index (χ0v) is 13.9. The minimum absolute atomic E-state index is 0.244. The van der Waals surface area contributed by atoms with Crippen LogP contribution in [0.3, 0.4) is 0 Å². The third-order valence-corrected chi connectivity index (χ3v) is 3.86. The molecule has 4 heteroatoms. The van der Waals surface area contributed by atoms with Gasteiger partial charge in [-0.25, -0.2) is 0 Å². The van der Waals surface area contributed by atoms with Crippen molar-refractivity contribution >= 4 is 5.97 Å². The Labute approximate surface area is 130 Å². The number of rotatable bonds is 16. The zero-order valence-electron chi connectivity index (χ0n) is 13.9. The van der Waals surface area contributed by atoms with E-state index in [-0.39, 0.29) is 6.61 Å². The normalized spacial score (nSPS) is 11.2. The minimum atomic E-state index is -0.688.